The summed E-state index contributed by atoms with van der Waals surface area (Å²) in [6.45, 7) is 1.19. The first-order valence-corrected chi connectivity index (χ1v) is 1.32. The van der Waals surface area contributed by atoms with Gasteiger partial charge in [0.2, 0.25) is 0 Å². The van der Waals surface area contributed by atoms with E-state index < -0.39 is 0 Å². The van der Waals surface area contributed by atoms with E-state index in [4.69, 9.17) is 11.5 Å². The van der Waals surface area contributed by atoms with Crippen LogP contribution in [0.3, 0.4) is 0 Å². The molecule has 2 nitrogen and oxygen atoms in total. The molecule has 0 aliphatic carbocycles. The monoisotopic (exact) mass is 192 g/mol. The van der Waals surface area contributed by atoms with Crippen molar-refractivity contribution in [1.29, 1.82) is 0 Å². The molecule has 0 fully saturated rings. The maximum atomic E-state index is 4.90. The van der Waals surface area contributed by atoms with Gasteiger partial charge in [0.1, 0.15) is 0 Å². The van der Waals surface area contributed by atoms with E-state index in [1.807, 2.05) is 0 Å². The average molecular weight is 193 g/mol. The largest absolute Gasteiger partial charge is 0.329 e. The first-order chi connectivity index (χ1) is 1.91. The molecule has 0 atom stereocenters. The van der Waals surface area contributed by atoms with E-state index in [1.54, 1.807) is 0 Å². The summed E-state index contributed by atoms with van der Waals surface area (Å²) in [5.41, 5.74) is 9.81. The van der Waals surface area contributed by atoms with Crippen molar-refractivity contribution in [2.75, 3.05) is 13.1 Å². The average Bonchev–Trinajstić information content (AvgIpc) is 1.37. The third-order valence-electron chi connectivity index (χ3n) is 0.167. The Balaban J connectivity index is -0.0000000450. The Bertz CT molecular complexity index is 13.5. The molecule has 0 aromatic heterocycles. The Hall–Kier alpha value is 0.932. The van der Waals surface area contributed by atoms with Gasteiger partial charge in [0.15, 0.2) is 0 Å². The number of nitrogens with two attached hydrogens (primary N) is 2. The van der Waals surface area contributed by atoms with Gasteiger partial charge in [-0.1, -0.05) is 0 Å². The predicted octanol–water partition coefficient (Wildman–Crippen LogP) is -0.521. The molecule has 0 aromatic carbocycles. The standard InChI is InChI=1S/C2H8N2.BrH.Cr/c3-1-2-4;;/h1-4H2;1H;. The molecule has 0 saturated carbocycles. The Morgan fingerprint density at radius 1 is 1.00 bits per heavy atom. The Labute approximate surface area is 59.2 Å². The van der Waals surface area contributed by atoms with Crippen LogP contribution >= 0.6 is 17.0 Å². The van der Waals surface area contributed by atoms with Crippen LogP contribution in [0.25, 0.3) is 0 Å². The minimum Gasteiger partial charge on any atom is -0.329 e. The summed E-state index contributed by atoms with van der Waals surface area (Å²) in [6.07, 6.45) is 0. The second-order valence-electron chi connectivity index (χ2n) is 0.577. The third kappa shape index (κ3) is 20.4. The number of hydrogen-bond acceptors (Lipinski definition) is 2. The summed E-state index contributed by atoms with van der Waals surface area (Å²) < 4.78 is 0. The van der Waals surface area contributed by atoms with Gasteiger partial charge >= 0.3 is 0 Å². The van der Waals surface area contributed by atoms with Gasteiger partial charge in [0.05, 0.1) is 0 Å². The van der Waals surface area contributed by atoms with Crippen LogP contribution in [0.2, 0.25) is 0 Å². The van der Waals surface area contributed by atoms with Gasteiger partial charge in [0, 0.05) is 30.5 Å². The van der Waals surface area contributed by atoms with E-state index in [2.05, 4.69) is 0 Å². The van der Waals surface area contributed by atoms with Crippen molar-refractivity contribution in [3.8, 4) is 0 Å². The third-order valence-corrected chi connectivity index (χ3v) is 0.167. The van der Waals surface area contributed by atoms with Crippen LogP contribution in [0.15, 0.2) is 0 Å². The molecule has 0 aromatic rings. The maximum Gasteiger partial charge on any atom is 0.00461 e. The second-order valence-corrected chi connectivity index (χ2v) is 0.577. The van der Waals surface area contributed by atoms with Crippen LogP contribution in [0, 0.1) is 0 Å². The zero-order valence-electron chi connectivity index (χ0n) is 3.39. The first kappa shape index (κ1) is 15.8. The molecule has 0 saturated heterocycles. The van der Waals surface area contributed by atoms with Gasteiger partial charge in [-0.15, -0.1) is 17.0 Å². The van der Waals surface area contributed by atoms with Crippen molar-refractivity contribution < 1.29 is 17.4 Å². The van der Waals surface area contributed by atoms with E-state index >= 15 is 0 Å². The van der Waals surface area contributed by atoms with E-state index in [9.17, 15) is 0 Å². The molecule has 0 radical (unpaired) electrons. The Morgan fingerprint density at radius 2 is 1.17 bits per heavy atom. The Kier molecular flexibility index (Phi) is 44.1. The van der Waals surface area contributed by atoms with Crippen LogP contribution < -0.4 is 11.5 Å². The van der Waals surface area contributed by atoms with Crippen molar-refractivity contribution in [3.63, 3.8) is 0 Å². The molecular formula is C2H9BrCrN2. The van der Waals surface area contributed by atoms with E-state index in [1.165, 1.54) is 0 Å². The second kappa shape index (κ2) is 16.8. The van der Waals surface area contributed by atoms with E-state index in [0.29, 0.717) is 13.1 Å². The van der Waals surface area contributed by atoms with E-state index in [-0.39, 0.29) is 34.3 Å². The fourth-order valence-electron chi connectivity index (χ4n) is 0. The van der Waals surface area contributed by atoms with Crippen LogP contribution in [0.1, 0.15) is 0 Å². The number of rotatable bonds is 1. The summed E-state index contributed by atoms with van der Waals surface area (Å²) in [5, 5.41) is 0. The van der Waals surface area contributed by atoms with Gasteiger partial charge in [-0.3, -0.25) is 0 Å². The molecule has 0 amide bonds. The summed E-state index contributed by atoms with van der Waals surface area (Å²) in [4.78, 5) is 0. The SMILES string of the molecule is Br.NCCN.[Cr]. The molecule has 0 unspecified atom stereocenters. The predicted molar refractivity (Wildman–Crippen MR) is 28.4 cm³/mol. The number of hydrogen-bond donors (Lipinski definition) is 2. The molecule has 0 bridgehead atoms. The molecule has 0 aliphatic heterocycles. The van der Waals surface area contributed by atoms with Gasteiger partial charge in [0.25, 0.3) is 0 Å². The van der Waals surface area contributed by atoms with Crippen LogP contribution in [0.5, 0.6) is 0 Å². The topological polar surface area (TPSA) is 52.0 Å². The van der Waals surface area contributed by atoms with Gasteiger partial charge in [-0.2, -0.15) is 0 Å². The summed E-state index contributed by atoms with van der Waals surface area (Å²) in [7, 11) is 0. The molecule has 0 heterocycles. The van der Waals surface area contributed by atoms with E-state index in [0.717, 1.165) is 0 Å². The molecule has 0 aliphatic rings. The normalized spacial score (nSPS) is 5.00. The zero-order valence-corrected chi connectivity index (χ0v) is 6.37. The van der Waals surface area contributed by atoms with Crippen molar-refractivity contribution in [1.82, 2.24) is 0 Å². The fourth-order valence-corrected chi connectivity index (χ4v) is 0. The first-order valence-electron chi connectivity index (χ1n) is 1.32. The molecule has 40 valence electrons. The molecule has 6 heavy (non-hydrogen) atoms. The van der Waals surface area contributed by atoms with Crippen molar-refractivity contribution in [2.24, 2.45) is 11.5 Å². The van der Waals surface area contributed by atoms with Crippen molar-refractivity contribution >= 4 is 17.0 Å². The van der Waals surface area contributed by atoms with Gasteiger partial charge in [-0.05, 0) is 0 Å². The van der Waals surface area contributed by atoms with Gasteiger partial charge < -0.3 is 11.5 Å². The Morgan fingerprint density at radius 3 is 1.17 bits per heavy atom. The summed E-state index contributed by atoms with van der Waals surface area (Å²) in [5.74, 6) is 0. The molecule has 4 N–H and O–H groups in total. The summed E-state index contributed by atoms with van der Waals surface area (Å²) >= 11 is 0. The van der Waals surface area contributed by atoms with Crippen LogP contribution in [-0.2, 0) is 17.4 Å². The molecule has 0 rings (SSSR count). The maximum absolute atomic E-state index is 4.90. The minimum absolute atomic E-state index is 0. The molecule has 0 spiro atoms. The summed E-state index contributed by atoms with van der Waals surface area (Å²) in [6, 6.07) is 0. The fraction of sp³-hybridized carbons (Fsp3) is 1.00. The quantitative estimate of drug-likeness (QED) is 0.588. The van der Waals surface area contributed by atoms with Crippen LogP contribution in [0.4, 0.5) is 0 Å². The zero-order chi connectivity index (χ0) is 3.41. The van der Waals surface area contributed by atoms with Crippen LogP contribution in [-0.4, -0.2) is 13.1 Å². The minimum atomic E-state index is 0. The van der Waals surface area contributed by atoms with Crippen molar-refractivity contribution in [2.45, 2.75) is 0 Å². The van der Waals surface area contributed by atoms with Crippen molar-refractivity contribution in [3.05, 3.63) is 0 Å². The number of halogens is 1. The smallest absolute Gasteiger partial charge is 0.00461 e. The molecular weight excluding hydrogens is 184 g/mol. The molecule has 4 heteroatoms. The van der Waals surface area contributed by atoms with Gasteiger partial charge in [-0.25, -0.2) is 0 Å².